The molecule has 1 saturated carbocycles. The molecule has 2 heterocycles. The van der Waals surface area contributed by atoms with Crippen molar-refractivity contribution in [3.63, 3.8) is 0 Å². The van der Waals surface area contributed by atoms with E-state index in [0.717, 1.165) is 45.1 Å². The molecule has 0 saturated heterocycles. The highest BCUT2D eigenvalue weighted by Gasteiger charge is 2.26. The second-order valence-electron chi connectivity index (χ2n) is 7.45. The van der Waals surface area contributed by atoms with Crippen molar-refractivity contribution in [3.05, 3.63) is 59.1 Å². The third kappa shape index (κ3) is 3.85. The van der Waals surface area contributed by atoms with Gasteiger partial charge in [-0.2, -0.15) is 0 Å². The number of amides is 1. The lowest BCUT2D eigenvalue weighted by Crippen LogP contribution is -2.37. The van der Waals surface area contributed by atoms with E-state index in [1.54, 1.807) is 17.4 Å². The van der Waals surface area contributed by atoms with E-state index in [1.807, 2.05) is 47.4 Å². The molecular weight excluding hydrogens is 384 g/mol. The van der Waals surface area contributed by atoms with Crippen LogP contribution in [0.1, 0.15) is 36.3 Å². The Morgan fingerprint density at radius 3 is 2.83 bits per heavy atom. The number of hydrogen-bond donors (Lipinski definition) is 0. The molecule has 0 bridgehead atoms. The number of aromatic nitrogens is 1. The van der Waals surface area contributed by atoms with Crippen LogP contribution in [0.5, 0.6) is 11.5 Å². The van der Waals surface area contributed by atoms with Gasteiger partial charge < -0.3 is 14.4 Å². The molecule has 148 valence electrons. The number of carbonyl (C=O) groups excluding carboxylic acids is 1. The zero-order valence-corrected chi connectivity index (χ0v) is 16.9. The second kappa shape index (κ2) is 7.87. The molecule has 3 aromatic rings. The fourth-order valence-electron chi connectivity index (χ4n) is 4.04. The second-order valence-corrected chi connectivity index (χ2v) is 8.51. The van der Waals surface area contributed by atoms with Gasteiger partial charge in [-0.25, -0.2) is 4.98 Å². The summed E-state index contributed by atoms with van der Waals surface area (Å²) in [4.78, 5) is 19.7. The number of benzene rings is 2. The smallest absolute Gasteiger partial charge is 0.247 e. The zero-order chi connectivity index (χ0) is 19.6. The van der Waals surface area contributed by atoms with Crippen LogP contribution in [0.15, 0.2) is 48.5 Å². The molecule has 0 atom stereocenters. The lowest BCUT2D eigenvalue weighted by atomic mass is 10.1. The maximum absolute atomic E-state index is 13.1. The maximum atomic E-state index is 13.1. The Bertz CT molecular complexity index is 1040. The molecule has 6 heteroatoms. The van der Waals surface area contributed by atoms with Crippen LogP contribution in [0.3, 0.4) is 0 Å². The summed E-state index contributed by atoms with van der Waals surface area (Å²) >= 11 is 1.60. The van der Waals surface area contributed by atoms with Gasteiger partial charge >= 0.3 is 0 Å². The minimum atomic E-state index is 0.0359. The van der Waals surface area contributed by atoms with E-state index in [-0.39, 0.29) is 18.7 Å². The van der Waals surface area contributed by atoms with Gasteiger partial charge in [0.2, 0.25) is 12.7 Å². The molecule has 5 nitrogen and oxygen atoms in total. The predicted molar refractivity (Wildman–Crippen MR) is 114 cm³/mol. The van der Waals surface area contributed by atoms with E-state index in [1.165, 1.54) is 12.8 Å². The number of hydrogen-bond acceptors (Lipinski definition) is 5. The first-order valence-corrected chi connectivity index (χ1v) is 10.8. The van der Waals surface area contributed by atoms with Gasteiger partial charge in [0.05, 0.1) is 10.2 Å². The first-order chi connectivity index (χ1) is 14.3. The molecule has 2 aliphatic rings. The number of para-hydroxylation sites is 1. The van der Waals surface area contributed by atoms with Crippen LogP contribution in [0.2, 0.25) is 0 Å². The largest absolute Gasteiger partial charge is 0.454 e. The van der Waals surface area contributed by atoms with E-state index in [0.29, 0.717) is 6.54 Å². The van der Waals surface area contributed by atoms with E-state index in [4.69, 9.17) is 9.47 Å². The molecule has 1 aliphatic carbocycles. The van der Waals surface area contributed by atoms with Crippen LogP contribution in [-0.4, -0.2) is 28.6 Å². The lowest BCUT2D eigenvalue weighted by Gasteiger charge is -2.28. The minimum Gasteiger partial charge on any atom is -0.454 e. The van der Waals surface area contributed by atoms with Crippen LogP contribution in [0, 0.1) is 0 Å². The Hall–Kier alpha value is -2.86. The Balaban J connectivity index is 1.36. The average Bonchev–Trinajstić information content (AvgIpc) is 3.49. The van der Waals surface area contributed by atoms with Crippen molar-refractivity contribution < 1.29 is 14.3 Å². The number of rotatable bonds is 5. The van der Waals surface area contributed by atoms with Crippen molar-refractivity contribution in [2.45, 2.75) is 38.3 Å². The predicted octanol–water partition coefficient (Wildman–Crippen LogP) is 5.01. The Labute approximate surface area is 173 Å². The van der Waals surface area contributed by atoms with Crippen molar-refractivity contribution in [1.29, 1.82) is 0 Å². The summed E-state index contributed by atoms with van der Waals surface area (Å²) in [6, 6.07) is 14.2. The molecule has 0 N–H and O–H groups in total. The molecule has 5 rings (SSSR count). The van der Waals surface area contributed by atoms with Crippen LogP contribution < -0.4 is 9.47 Å². The van der Waals surface area contributed by atoms with Crippen molar-refractivity contribution in [3.8, 4) is 11.5 Å². The van der Waals surface area contributed by atoms with Gasteiger partial charge in [-0.15, -0.1) is 11.3 Å². The van der Waals surface area contributed by atoms with Gasteiger partial charge in [-0.3, -0.25) is 4.79 Å². The molecule has 1 aliphatic heterocycles. The quantitative estimate of drug-likeness (QED) is 0.559. The topological polar surface area (TPSA) is 51.7 Å². The fourth-order valence-corrected chi connectivity index (χ4v) is 4.91. The van der Waals surface area contributed by atoms with Crippen molar-refractivity contribution in [1.82, 2.24) is 9.88 Å². The summed E-state index contributed by atoms with van der Waals surface area (Å²) in [6.07, 6.45) is 7.99. The van der Waals surface area contributed by atoms with Crippen LogP contribution in [0.4, 0.5) is 0 Å². The highest BCUT2D eigenvalue weighted by molar-refractivity contribution is 7.19. The third-order valence-electron chi connectivity index (χ3n) is 5.52. The monoisotopic (exact) mass is 406 g/mol. The Kier molecular flexibility index (Phi) is 4.94. The van der Waals surface area contributed by atoms with Crippen LogP contribution >= 0.6 is 11.3 Å². The minimum absolute atomic E-state index is 0.0359. The summed E-state index contributed by atoms with van der Waals surface area (Å²) in [6.45, 7) is 0.833. The highest BCUT2D eigenvalue weighted by atomic mass is 32.1. The van der Waals surface area contributed by atoms with E-state index in [2.05, 4.69) is 11.1 Å². The molecule has 0 spiro atoms. The number of thiazole rings is 1. The first-order valence-electron chi connectivity index (χ1n) is 9.99. The summed E-state index contributed by atoms with van der Waals surface area (Å²) in [7, 11) is 0. The Morgan fingerprint density at radius 2 is 1.97 bits per heavy atom. The molecule has 1 amide bonds. The molecule has 1 aromatic heterocycles. The van der Waals surface area contributed by atoms with E-state index in [9.17, 15) is 4.79 Å². The molecule has 2 aromatic carbocycles. The van der Waals surface area contributed by atoms with Crippen molar-refractivity contribution in [2.75, 3.05) is 6.79 Å². The maximum Gasteiger partial charge on any atom is 0.247 e. The zero-order valence-electron chi connectivity index (χ0n) is 16.0. The van der Waals surface area contributed by atoms with Crippen LogP contribution in [0.25, 0.3) is 16.3 Å². The molecular formula is C23H22N2O3S. The van der Waals surface area contributed by atoms with Gasteiger partial charge in [0.25, 0.3) is 0 Å². The summed E-state index contributed by atoms with van der Waals surface area (Å²) in [5, 5.41) is 0.856. The normalized spacial score (nSPS) is 16.1. The van der Waals surface area contributed by atoms with Crippen LogP contribution in [-0.2, 0) is 11.3 Å². The van der Waals surface area contributed by atoms with E-state index < -0.39 is 0 Å². The first kappa shape index (κ1) is 18.2. The Morgan fingerprint density at radius 1 is 1.14 bits per heavy atom. The molecule has 0 radical (unpaired) electrons. The highest BCUT2D eigenvalue weighted by Crippen LogP contribution is 2.34. The van der Waals surface area contributed by atoms with Gasteiger partial charge in [0.1, 0.15) is 5.01 Å². The number of nitrogens with zero attached hydrogens (tertiary/aromatic N) is 2. The van der Waals surface area contributed by atoms with E-state index >= 15 is 0 Å². The summed E-state index contributed by atoms with van der Waals surface area (Å²) in [5.74, 6) is 1.56. The fraction of sp³-hybridized carbons (Fsp3) is 0.304. The third-order valence-corrected chi connectivity index (χ3v) is 6.52. The summed E-state index contributed by atoms with van der Waals surface area (Å²) < 4.78 is 12.0. The van der Waals surface area contributed by atoms with Gasteiger partial charge in [0.15, 0.2) is 11.5 Å². The summed E-state index contributed by atoms with van der Waals surface area (Å²) in [5.41, 5.74) is 2.03. The van der Waals surface area contributed by atoms with Gasteiger partial charge in [-0.05, 0) is 48.7 Å². The molecule has 29 heavy (non-hydrogen) atoms. The van der Waals surface area contributed by atoms with Crippen molar-refractivity contribution >= 4 is 33.5 Å². The molecule has 0 unspecified atom stereocenters. The number of carbonyl (C=O) groups is 1. The SMILES string of the molecule is O=C(C=Cc1nc2ccccc2s1)N(Cc1ccc2c(c1)OCO2)C1CCCC1. The standard InChI is InChI=1S/C23H22N2O3S/c26-23(12-11-22-24-18-7-3-4-8-21(18)29-22)25(17-5-1-2-6-17)14-16-9-10-19-20(13-16)28-15-27-19/h3-4,7-13,17H,1-2,5-6,14-15H2. The van der Waals surface area contributed by atoms with Gasteiger partial charge in [0, 0.05) is 18.7 Å². The van der Waals surface area contributed by atoms with Gasteiger partial charge in [-0.1, -0.05) is 31.0 Å². The van der Waals surface area contributed by atoms with Crippen molar-refractivity contribution in [2.24, 2.45) is 0 Å². The number of fused-ring (bicyclic) bond motifs is 2. The number of ether oxygens (including phenoxy) is 2. The average molecular weight is 407 g/mol. The molecule has 1 fully saturated rings. The lowest BCUT2D eigenvalue weighted by molar-refractivity contribution is -0.128.